The van der Waals surface area contributed by atoms with Crippen molar-refractivity contribution in [3.05, 3.63) is 83.7 Å². The quantitative estimate of drug-likeness (QED) is 0.115. The van der Waals surface area contributed by atoms with E-state index in [0.29, 0.717) is 58.7 Å². The Kier molecular flexibility index (Phi) is 30.5. The van der Waals surface area contributed by atoms with Crippen LogP contribution in [0.4, 0.5) is 0 Å². The summed E-state index contributed by atoms with van der Waals surface area (Å²) in [5, 5.41) is 35.3. The predicted octanol–water partition coefficient (Wildman–Crippen LogP) is 2.35. The van der Waals surface area contributed by atoms with E-state index < -0.39 is 18.3 Å². The van der Waals surface area contributed by atoms with Crippen molar-refractivity contribution in [1.29, 1.82) is 0 Å². The van der Waals surface area contributed by atoms with Gasteiger partial charge in [-0.25, -0.2) is 0 Å². The van der Waals surface area contributed by atoms with Crippen LogP contribution in [-0.4, -0.2) is 152 Å². The standard InChI is InChI=1S/C14H21NO2.C13H21NO2.C11H21NO4.C2H6N2.C2H6O/c1-17-10-12(16)9-15-14-8-4-6-11-5-2-3-7-13(11)14;1-16-11-13(15)10-14-9-5-8-12-6-3-2-4-7-12;1-14-9-10(13)8-12-4-2-11(3-5-12)15-6-7-16-11;3-1-2-4;1-3-2/h2-3,5,7,12,14-16H,4,6,8-10H2,1H3;2-4,6-7,13-15H,5,8-11H2,1H3;10,13H,2-9H2,1H3;1-2H,3-4H2;1-2H3/b;;;2-1-;. The summed E-state index contributed by atoms with van der Waals surface area (Å²) in [4.78, 5) is 2.24. The van der Waals surface area contributed by atoms with Gasteiger partial charge in [-0.05, 0) is 55.3 Å². The molecule has 2 fully saturated rings. The molecule has 2 heterocycles. The van der Waals surface area contributed by atoms with E-state index in [1.165, 1.54) is 41.9 Å². The third-order valence-corrected chi connectivity index (χ3v) is 9.10. The molecule has 14 heteroatoms. The van der Waals surface area contributed by atoms with Crippen LogP contribution in [0.3, 0.4) is 0 Å². The number of aliphatic hydroxyl groups is 3. The lowest BCUT2D eigenvalue weighted by molar-refractivity contribution is -0.186. The molecule has 2 aliphatic heterocycles. The number of piperidine rings is 1. The number of β-amino-alcohol motifs (C(OH)–C–C–N with tert-alkyl or cyclic N) is 1. The molecule has 2 aromatic carbocycles. The molecule has 0 radical (unpaired) electrons. The summed E-state index contributed by atoms with van der Waals surface area (Å²) in [5.74, 6) is -0.317. The van der Waals surface area contributed by atoms with E-state index in [2.05, 4.69) is 68.8 Å². The molecule has 4 atom stereocenters. The van der Waals surface area contributed by atoms with Crippen molar-refractivity contribution in [2.24, 2.45) is 11.5 Å². The Morgan fingerprint density at radius 1 is 0.804 bits per heavy atom. The lowest BCUT2D eigenvalue weighted by Gasteiger charge is -2.38. The van der Waals surface area contributed by atoms with E-state index in [1.807, 2.05) is 6.07 Å². The fourth-order valence-electron chi connectivity index (χ4n) is 6.48. The molecule has 0 bridgehead atoms. The largest absolute Gasteiger partial charge is 0.403 e. The molecule has 4 unspecified atom stereocenters. The van der Waals surface area contributed by atoms with Crippen LogP contribution < -0.4 is 22.1 Å². The summed E-state index contributed by atoms with van der Waals surface area (Å²) in [6.45, 7) is 7.23. The SMILES string of the molecule is COC.COCC(O)CN1CCC2(CC1)OCCO2.COCC(O)CNC1CCCc2ccccc21.COCC(O)CNCCCc1ccccc1.N/C=C\N. The average Bonchev–Trinajstić information content (AvgIpc) is 3.67. The monoisotopic (exact) mass is 794 g/mol. The van der Waals surface area contributed by atoms with Gasteiger partial charge in [-0.1, -0.05) is 54.6 Å². The second-order valence-corrected chi connectivity index (χ2v) is 13.9. The molecular formula is C42H75N5O9. The second kappa shape index (κ2) is 33.3. The van der Waals surface area contributed by atoms with E-state index in [9.17, 15) is 15.3 Å². The first kappa shape index (κ1) is 51.3. The van der Waals surface area contributed by atoms with Gasteiger partial charge in [0.15, 0.2) is 5.79 Å². The first-order chi connectivity index (χ1) is 27.2. The first-order valence-electron chi connectivity index (χ1n) is 19.8. The fourth-order valence-corrected chi connectivity index (χ4v) is 6.48. The zero-order valence-electron chi connectivity index (χ0n) is 34.8. The molecule has 14 nitrogen and oxygen atoms in total. The van der Waals surface area contributed by atoms with E-state index in [4.69, 9.17) is 35.2 Å². The van der Waals surface area contributed by atoms with Gasteiger partial charge in [-0.2, -0.15) is 0 Å². The highest BCUT2D eigenvalue weighted by molar-refractivity contribution is 5.32. The van der Waals surface area contributed by atoms with Gasteiger partial charge in [0.2, 0.25) is 0 Å². The van der Waals surface area contributed by atoms with Crippen LogP contribution in [0.1, 0.15) is 54.8 Å². The third kappa shape index (κ3) is 23.5. The zero-order chi connectivity index (χ0) is 41.3. The van der Waals surface area contributed by atoms with Crippen LogP contribution >= 0.6 is 0 Å². The average molecular weight is 794 g/mol. The number of ether oxygens (including phenoxy) is 6. The third-order valence-electron chi connectivity index (χ3n) is 9.10. The molecule has 2 aromatic rings. The topological polar surface area (TPSA) is 195 Å². The van der Waals surface area contributed by atoms with E-state index >= 15 is 0 Å². The van der Waals surface area contributed by atoms with E-state index in [1.54, 1.807) is 35.5 Å². The first-order valence-corrected chi connectivity index (χ1v) is 19.8. The maximum absolute atomic E-state index is 9.64. The molecule has 1 spiro atoms. The highest BCUT2D eigenvalue weighted by Gasteiger charge is 2.39. The van der Waals surface area contributed by atoms with Crippen LogP contribution in [0.15, 0.2) is 67.0 Å². The molecule has 0 aromatic heterocycles. The van der Waals surface area contributed by atoms with E-state index in [-0.39, 0.29) is 5.79 Å². The molecule has 2 saturated heterocycles. The highest BCUT2D eigenvalue weighted by atomic mass is 16.7. The fraction of sp³-hybridized carbons (Fsp3) is 0.667. The molecule has 9 N–H and O–H groups in total. The summed E-state index contributed by atoms with van der Waals surface area (Å²) in [6.07, 6.45) is 8.83. The summed E-state index contributed by atoms with van der Waals surface area (Å²) < 4.78 is 30.2. The Bertz CT molecular complexity index is 1200. The van der Waals surface area contributed by atoms with E-state index in [0.717, 1.165) is 51.7 Å². The smallest absolute Gasteiger partial charge is 0.170 e. The molecule has 0 amide bonds. The minimum atomic E-state index is -0.422. The Labute approximate surface area is 336 Å². The lowest BCUT2D eigenvalue weighted by atomic mass is 9.88. The van der Waals surface area contributed by atoms with Gasteiger partial charge in [0.25, 0.3) is 0 Å². The second-order valence-electron chi connectivity index (χ2n) is 13.9. The van der Waals surface area contributed by atoms with Crippen LogP contribution in [-0.2, 0) is 41.3 Å². The van der Waals surface area contributed by atoms with Crippen LogP contribution in [0.5, 0.6) is 0 Å². The number of hydrogen-bond acceptors (Lipinski definition) is 14. The van der Waals surface area contributed by atoms with Gasteiger partial charge in [0, 0.05) is 99.6 Å². The van der Waals surface area contributed by atoms with Gasteiger partial charge < -0.3 is 70.7 Å². The summed E-state index contributed by atoms with van der Waals surface area (Å²) in [6, 6.07) is 19.4. The predicted molar refractivity (Wildman–Crippen MR) is 222 cm³/mol. The maximum atomic E-state index is 9.64. The molecule has 3 aliphatic rings. The summed E-state index contributed by atoms with van der Waals surface area (Å²) in [5.41, 5.74) is 13.6. The molecule has 322 valence electrons. The number of aryl methyl sites for hydroxylation is 2. The lowest BCUT2D eigenvalue weighted by Crippen LogP contribution is -2.47. The van der Waals surface area contributed by atoms with Crippen molar-refractivity contribution in [2.75, 3.05) is 108 Å². The summed E-state index contributed by atoms with van der Waals surface area (Å²) in [7, 11) is 8.06. The van der Waals surface area contributed by atoms with Gasteiger partial charge in [0.05, 0.1) is 51.3 Å². The van der Waals surface area contributed by atoms with Gasteiger partial charge in [-0.3, -0.25) is 0 Å². The van der Waals surface area contributed by atoms with Crippen molar-refractivity contribution < 1.29 is 43.7 Å². The molecule has 0 saturated carbocycles. The summed E-state index contributed by atoms with van der Waals surface area (Å²) >= 11 is 0. The number of hydrogen-bond donors (Lipinski definition) is 7. The molecule has 56 heavy (non-hydrogen) atoms. The molecule has 5 rings (SSSR count). The molecule has 1 aliphatic carbocycles. The Morgan fingerprint density at radius 2 is 1.36 bits per heavy atom. The minimum Gasteiger partial charge on any atom is -0.403 e. The minimum absolute atomic E-state index is 0.317. The number of rotatable bonds is 17. The zero-order valence-corrected chi connectivity index (χ0v) is 34.8. The number of likely N-dealkylation sites (tertiary alicyclic amines) is 1. The van der Waals surface area contributed by atoms with Gasteiger partial charge >= 0.3 is 0 Å². The van der Waals surface area contributed by atoms with Crippen LogP contribution in [0.25, 0.3) is 0 Å². The number of nitrogens with zero attached hydrogens (tertiary/aromatic N) is 1. The molecular weight excluding hydrogens is 718 g/mol. The Morgan fingerprint density at radius 3 is 1.95 bits per heavy atom. The highest BCUT2D eigenvalue weighted by Crippen LogP contribution is 2.31. The van der Waals surface area contributed by atoms with Gasteiger partial charge in [0.1, 0.15) is 0 Å². The normalized spacial score (nSPS) is 18.8. The maximum Gasteiger partial charge on any atom is 0.170 e. The van der Waals surface area contributed by atoms with Crippen molar-refractivity contribution in [3.63, 3.8) is 0 Å². The van der Waals surface area contributed by atoms with Crippen LogP contribution in [0.2, 0.25) is 0 Å². The van der Waals surface area contributed by atoms with Crippen molar-refractivity contribution in [2.45, 2.75) is 75.1 Å². The Hall–Kier alpha value is -2.70. The van der Waals surface area contributed by atoms with Crippen LogP contribution in [0, 0.1) is 0 Å². The van der Waals surface area contributed by atoms with Crippen molar-refractivity contribution in [1.82, 2.24) is 15.5 Å². The number of nitrogens with one attached hydrogen (secondary N) is 2. The number of aliphatic hydroxyl groups excluding tert-OH is 3. The number of nitrogens with two attached hydrogens (primary N) is 2. The Balaban J connectivity index is 0.000000387. The van der Waals surface area contributed by atoms with Crippen molar-refractivity contribution in [3.8, 4) is 0 Å². The number of benzene rings is 2. The van der Waals surface area contributed by atoms with Gasteiger partial charge in [-0.15, -0.1) is 0 Å². The number of fused-ring (bicyclic) bond motifs is 1. The van der Waals surface area contributed by atoms with Crippen molar-refractivity contribution >= 4 is 0 Å². The number of methoxy groups -OCH3 is 4.